The Morgan fingerprint density at radius 1 is 0.228 bits per heavy atom. The van der Waals surface area contributed by atoms with E-state index >= 15 is 0 Å². The molecule has 0 saturated carbocycles. The molecular weight excluding hydrogens is 1770 g/mol. The lowest BCUT2D eigenvalue weighted by Gasteiger charge is -2.42. The second-order valence-electron chi connectivity index (χ2n) is 42.1. The third-order valence-electron chi connectivity index (χ3n) is 29.6. The van der Waals surface area contributed by atoms with Gasteiger partial charge in [0, 0.05) is 59.4 Å². The van der Waals surface area contributed by atoms with Crippen molar-refractivity contribution in [2.45, 2.75) is 108 Å². The van der Waals surface area contributed by atoms with Gasteiger partial charge in [-0.2, -0.15) is 0 Å². The number of fused-ring (bicyclic) bond motifs is 24. The quantitative estimate of drug-likeness (QED) is 0.141. The minimum Gasteiger partial charge on any atom is -0.310 e. The first-order valence-corrected chi connectivity index (χ1v) is 51.3. The van der Waals surface area contributed by atoms with Crippen LogP contribution < -0.4 is 14.7 Å². The van der Waals surface area contributed by atoms with Crippen molar-refractivity contribution in [3.05, 3.63) is 495 Å². The van der Waals surface area contributed by atoms with E-state index in [2.05, 4.69) is 497 Å². The molecule has 3 heterocycles. The second kappa shape index (κ2) is 36.6. The van der Waals surface area contributed by atoms with Crippen LogP contribution in [0.5, 0.6) is 0 Å². The van der Waals surface area contributed by atoms with Crippen LogP contribution in [0, 0.1) is 0 Å². The van der Waals surface area contributed by atoms with Crippen molar-refractivity contribution in [2.75, 3.05) is 14.7 Å². The molecule has 0 radical (unpaired) electrons. The number of hydrogen-bond donors (Lipinski definition) is 0. The zero-order valence-corrected chi connectivity index (χ0v) is 84.4. The monoisotopic (exact) mass is 1880 g/mol. The summed E-state index contributed by atoms with van der Waals surface area (Å²) in [5, 5.41) is 30.6. The Morgan fingerprint density at radius 3 is 0.966 bits per heavy atom. The first-order chi connectivity index (χ1) is 70.6. The third kappa shape index (κ3) is 16.4. The molecule has 0 fully saturated rings. The predicted octanol–water partition coefficient (Wildman–Crippen LogP) is 39.2. The molecule has 145 heavy (non-hydrogen) atoms. The fourth-order valence-corrected chi connectivity index (χ4v) is 23.4. The standard InChI is InChI=1S/C42H45N.C33H21N3.C33H25N.C30H19NS/c1-40(2,3)29-18-22-31(23-19-29)43(32-24-20-30(21-25-32)41(4,5)6)38-27-28-26-37(42(7,8)9)33-14-10-12-16-35(33)39(28)36-17-13-11-15-34(36)38;1-3-12-23(13-4-1)31-34-32(24-14-5-2-6-15-24)36-33(35-31)29-21-25-20-19-22-11-7-8-16-26(22)30(25)28-18-10-9-17-27(28)29;1-33(2)27-15-7-9-17-29(27)34(30-18-10-8-16-28(30)33)31-21-23-20-19-22-11-3-4-12-24(22)32(23)26-14-6-5-13-25(26)31;1-2-10-22-20(9-1)17-18-21-19-27(23-11-3-4-12-24(23)30(21)22)31-25-13-5-7-15-28(25)32-29-16-8-6-14-26(29)31/h10-27H,1-9H3;1-21H;3-21H,1-2H3;1-19H. The highest BCUT2D eigenvalue weighted by Crippen LogP contribution is 2.57. The zero-order valence-electron chi connectivity index (χ0n) is 83.5. The summed E-state index contributed by atoms with van der Waals surface area (Å²) in [4.78, 5) is 24.8. The summed E-state index contributed by atoms with van der Waals surface area (Å²) in [5.41, 5.74) is 20.8. The highest BCUT2D eigenvalue weighted by atomic mass is 32.2. The van der Waals surface area contributed by atoms with E-state index in [0.29, 0.717) is 17.5 Å². The Hall–Kier alpha value is -16.8. The van der Waals surface area contributed by atoms with Crippen LogP contribution in [-0.4, -0.2) is 15.0 Å². The van der Waals surface area contributed by atoms with Gasteiger partial charge in [0.05, 0.1) is 39.8 Å². The van der Waals surface area contributed by atoms with Crippen molar-refractivity contribution < 1.29 is 0 Å². The lowest BCUT2D eigenvalue weighted by molar-refractivity contribution is 0.590. The Bertz CT molecular complexity index is 9190. The van der Waals surface area contributed by atoms with Crippen molar-refractivity contribution in [1.29, 1.82) is 0 Å². The number of anilines is 9. The first-order valence-electron chi connectivity index (χ1n) is 50.5. The van der Waals surface area contributed by atoms with E-state index in [4.69, 9.17) is 15.0 Å². The summed E-state index contributed by atoms with van der Waals surface area (Å²) in [7, 11) is 0. The lowest BCUT2D eigenvalue weighted by atomic mass is 9.73. The van der Waals surface area contributed by atoms with E-state index < -0.39 is 0 Å². The lowest BCUT2D eigenvalue weighted by Crippen LogP contribution is -2.30. The van der Waals surface area contributed by atoms with Gasteiger partial charge < -0.3 is 14.7 Å². The van der Waals surface area contributed by atoms with Gasteiger partial charge >= 0.3 is 0 Å². The summed E-state index contributed by atoms with van der Waals surface area (Å²) in [6, 6.07) is 169. The number of benzene rings is 24. The van der Waals surface area contributed by atoms with Crippen molar-refractivity contribution in [2.24, 2.45) is 0 Å². The summed E-state index contributed by atoms with van der Waals surface area (Å²) in [6.45, 7) is 25.3. The van der Waals surface area contributed by atoms with Gasteiger partial charge in [-0.25, -0.2) is 15.0 Å². The van der Waals surface area contributed by atoms with Gasteiger partial charge in [-0.1, -0.05) is 464 Å². The maximum Gasteiger partial charge on any atom is 0.164 e. The number of hydrogen-bond acceptors (Lipinski definition) is 7. The topological polar surface area (TPSA) is 48.4 Å². The average molecular weight is 1880 g/mol. The number of rotatable bonds is 8. The van der Waals surface area contributed by atoms with Crippen molar-refractivity contribution in [1.82, 2.24) is 15.0 Å². The molecule has 24 aromatic carbocycles. The van der Waals surface area contributed by atoms with Gasteiger partial charge in [0.1, 0.15) is 0 Å². The zero-order chi connectivity index (χ0) is 98.6. The van der Waals surface area contributed by atoms with Gasteiger partial charge in [-0.3, -0.25) is 0 Å². The fraction of sp³-hybridized carbons (Fsp3) is 0.109. The van der Waals surface area contributed by atoms with Crippen molar-refractivity contribution in [3.8, 4) is 34.2 Å². The molecule has 0 unspecified atom stereocenters. The Balaban J connectivity index is 0.000000104. The molecule has 0 bridgehead atoms. The molecule has 0 aliphatic carbocycles. The number of aromatic nitrogens is 3. The van der Waals surface area contributed by atoms with Crippen LogP contribution >= 0.6 is 11.8 Å². The van der Waals surface area contributed by atoms with Crippen molar-refractivity contribution in [3.63, 3.8) is 0 Å². The molecule has 27 rings (SSSR count). The molecule has 0 amide bonds. The normalized spacial score (nSPS) is 12.8. The summed E-state index contributed by atoms with van der Waals surface area (Å²) < 4.78 is 0. The van der Waals surface area contributed by atoms with E-state index in [-0.39, 0.29) is 21.7 Å². The van der Waals surface area contributed by atoms with Crippen LogP contribution in [0.3, 0.4) is 0 Å². The van der Waals surface area contributed by atoms with Gasteiger partial charge in [-0.15, -0.1) is 0 Å². The van der Waals surface area contributed by atoms with Gasteiger partial charge in [0.2, 0.25) is 0 Å². The Morgan fingerprint density at radius 2 is 0.538 bits per heavy atom. The maximum absolute atomic E-state index is 5.00. The highest BCUT2D eigenvalue weighted by Gasteiger charge is 2.38. The minimum absolute atomic E-state index is 0.0187. The molecule has 0 N–H and O–H groups in total. The molecule has 2 aliphatic rings. The number of para-hydroxylation sites is 4. The molecule has 1 aromatic heterocycles. The molecule has 6 nitrogen and oxygen atoms in total. The second-order valence-corrected chi connectivity index (χ2v) is 43.2. The van der Waals surface area contributed by atoms with E-state index in [9.17, 15) is 0 Å². The first kappa shape index (κ1) is 90.7. The maximum atomic E-state index is 5.00. The van der Waals surface area contributed by atoms with Gasteiger partial charge in [0.15, 0.2) is 17.5 Å². The van der Waals surface area contributed by atoms with Crippen molar-refractivity contribution >= 4 is 192 Å². The predicted molar refractivity (Wildman–Crippen MR) is 622 cm³/mol. The fourth-order valence-electron chi connectivity index (χ4n) is 22.4. The molecule has 25 aromatic rings. The Labute approximate surface area is 852 Å². The molecular formula is C138H110N6S. The molecule has 2 aliphatic heterocycles. The van der Waals surface area contributed by atoms with Crippen LogP contribution in [0.25, 0.3) is 163 Å². The summed E-state index contributed by atoms with van der Waals surface area (Å²) in [6.07, 6.45) is 0. The molecule has 698 valence electrons. The van der Waals surface area contributed by atoms with Crippen LogP contribution in [0.4, 0.5) is 51.2 Å². The van der Waals surface area contributed by atoms with Crippen LogP contribution in [0.15, 0.2) is 477 Å². The molecule has 7 heteroatoms. The van der Waals surface area contributed by atoms with Gasteiger partial charge in [-0.05, 0) is 248 Å². The van der Waals surface area contributed by atoms with E-state index in [1.54, 1.807) is 0 Å². The van der Waals surface area contributed by atoms with E-state index in [1.807, 2.05) is 72.4 Å². The summed E-state index contributed by atoms with van der Waals surface area (Å²) >= 11 is 1.85. The Kier molecular flexibility index (Phi) is 22.9. The van der Waals surface area contributed by atoms with Gasteiger partial charge in [0.25, 0.3) is 0 Å². The molecule has 0 atom stereocenters. The van der Waals surface area contributed by atoms with Crippen LogP contribution in [-0.2, 0) is 21.7 Å². The third-order valence-corrected chi connectivity index (χ3v) is 30.7. The van der Waals surface area contributed by atoms with E-state index in [1.165, 1.54) is 201 Å². The minimum atomic E-state index is -0.0630. The van der Waals surface area contributed by atoms with Crippen LogP contribution in [0.1, 0.15) is 104 Å². The SMILES string of the molecule is CC(C)(C)c1ccc(N(c2ccc(C(C)(C)C)cc2)c2cc3cc(C(C)(C)C)c4ccccc4c3c3ccccc23)cc1.CC1(C)c2ccccc2N(c2cc3ccc4ccccc4c3c3ccccc23)c2ccccc21.c1ccc(-c2nc(-c3ccccc3)nc(-c3cc4ccc5ccccc5c4c4ccccc34)n2)cc1.c1ccc2c(c1)Sc1ccccc1N2c1cc2ccc3ccccc3c2c2ccccc12. The molecule has 0 spiro atoms. The smallest absolute Gasteiger partial charge is 0.164 e. The summed E-state index contributed by atoms with van der Waals surface area (Å²) in [5.74, 6) is 2.01. The highest BCUT2D eigenvalue weighted by molar-refractivity contribution is 7.99. The molecule has 0 saturated heterocycles. The average Bonchev–Trinajstić information content (AvgIpc) is 0.711. The number of nitrogens with zero attached hydrogens (tertiary/aromatic N) is 6. The van der Waals surface area contributed by atoms with Crippen LogP contribution in [0.2, 0.25) is 0 Å². The largest absolute Gasteiger partial charge is 0.310 e. The van der Waals surface area contributed by atoms with E-state index in [0.717, 1.165) is 33.5 Å².